The minimum absolute atomic E-state index is 0.252. The summed E-state index contributed by atoms with van der Waals surface area (Å²) in [4.78, 5) is 25.0. The van der Waals surface area contributed by atoms with Crippen LogP contribution in [0.25, 0.3) is 0 Å². The lowest BCUT2D eigenvalue weighted by atomic mass is 10.1. The third-order valence-electron chi connectivity index (χ3n) is 3.81. The van der Waals surface area contributed by atoms with Crippen molar-refractivity contribution in [1.82, 2.24) is 19.9 Å². The van der Waals surface area contributed by atoms with Crippen molar-refractivity contribution in [2.24, 2.45) is 0 Å². The Bertz CT molecular complexity index is 905. The Hall–Kier alpha value is -2.06. The van der Waals surface area contributed by atoms with E-state index in [2.05, 4.69) is 25.9 Å². The maximum atomic E-state index is 12.2. The Labute approximate surface area is 134 Å². The third kappa shape index (κ3) is 3.48. The van der Waals surface area contributed by atoms with Crippen molar-refractivity contribution in [1.29, 1.82) is 0 Å². The summed E-state index contributed by atoms with van der Waals surface area (Å²) in [5.41, 5.74) is 2.93. The van der Waals surface area contributed by atoms with Crippen LogP contribution in [0.15, 0.2) is 28.4 Å². The van der Waals surface area contributed by atoms with Gasteiger partial charge in [-0.15, -0.1) is 0 Å². The van der Waals surface area contributed by atoms with E-state index >= 15 is 0 Å². The molecule has 1 N–H and O–H groups in total. The van der Waals surface area contributed by atoms with Gasteiger partial charge in [-0.05, 0) is 18.1 Å². The quantitative estimate of drug-likeness (QED) is 0.818. The van der Waals surface area contributed by atoms with Crippen LogP contribution in [-0.4, -0.2) is 41.1 Å². The molecule has 0 bridgehead atoms. The highest BCUT2D eigenvalue weighted by Gasteiger charge is 2.23. The number of aromatic amines is 1. The number of fused-ring (bicyclic) bond motifs is 1. The van der Waals surface area contributed by atoms with Crippen LogP contribution in [0.1, 0.15) is 22.4 Å². The molecule has 122 valence electrons. The molecule has 23 heavy (non-hydrogen) atoms. The van der Waals surface area contributed by atoms with Gasteiger partial charge in [0.1, 0.15) is 0 Å². The molecular weight excluding hydrogens is 316 g/mol. The Morgan fingerprint density at radius 2 is 2.13 bits per heavy atom. The van der Waals surface area contributed by atoms with Crippen molar-refractivity contribution in [3.63, 3.8) is 0 Å². The lowest BCUT2D eigenvalue weighted by molar-refractivity contribution is 0.240. The van der Waals surface area contributed by atoms with Crippen LogP contribution in [0.2, 0.25) is 0 Å². The highest BCUT2D eigenvalue weighted by Crippen LogP contribution is 2.17. The molecule has 0 aromatic carbocycles. The Morgan fingerprint density at radius 3 is 2.83 bits per heavy atom. The number of hydrogen-bond donors (Lipinski definition) is 1. The summed E-state index contributed by atoms with van der Waals surface area (Å²) < 4.78 is 23.1. The summed E-state index contributed by atoms with van der Waals surface area (Å²) in [6.07, 6.45) is 5.21. The predicted molar refractivity (Wildman–Crippen MR) is 84.8 cm³/mol. The van der Waals surface area contributed by atoms with Gasteiger partial charge in [0.25, 0.3) is 5.56 Å². The van der Waals surface area contributed by atoms with E-state index in [1.54, 1.807) is 6.20 Å². The second-order valence-electron chi connectivity index (χ2n) is 5.90. The molecule has 0 amide bonds. The zero-order valence-corrected chi connectivity index (χ0v) is 13.9. The molecule has 1 aliphatic heterocycles. The van der Waals surface area contributed by atoms with Crippen molar-refractivity contribution in [3.8, 4) is 0 Å². The minimum Gasteiger partial charge on any atom is -0.297 e. The number of aryl methyl sites for hydroxylation is 1. The summed E-state index contributed by atoms with van der Waals surface area (Å²) in [7, 11) is -3.51. The number of nitrogens with zero attached hydrogens (tertiary/aromatic N) is 3. The van der Waals surface area contributed by atoms with Gasteiger partial charge in [0.05, 0.1) is 11.3 Å². The zero-order chi connectivity index (χ0) is 16.6. The van der Waals surface area contributed by atoms with Crippen LogP contribution in [0.3, 0.4) is 0 Å². The third-order valence-corrected chi connectivity index (χ3v) is 4.71. The van der Waals surface area contributed by atoms with Gasteiger partial charge < -0.3 is 0 Å². The molecular formula is C15H18N4O3S. The van der Waals surface area contributed by atoms with Crippen LogP contribution in [0.5, 0.6) is 0 Å². The van der Waals surface area contributed by atoms with Crippen LogP contribution >= 0.6 is 0 Å². The van der Waals surface area contributed by atoms with Gasteiger partial charge in [-0.1, -0.05) is 6.07 Å². The van der Waals surface area contributed by atoms with E-state index in [9.17, 15) is 13.2 Å². The second-order valence-corrected chi connectivity index (χ2v) is 7.83. The Kier molecular flexibility index (Phi) is 4.03. The van der Waals surface area contributed by atoms with Crippen molar-refractivity contribution >= 4 is 9.84 Å². The summed E-state index contributed by atoms with van der Waals surface area (Å²) in [5.74, 6) is 0. The number of pyridine rings is 1. The fourth-order valence-corrected chi connectivity index (χ4v) is 3.29. The first-order valence-corrected chi connectivity index (χ1v) is 9.17. The summed E-state index contributed by atoms with van der Waals surface area (Å²) >= 11 is 0. The van der Waals surface area contributed by atoms with Gasteiger partial charge in [0.2, 0.25) is 15.0 Å². The highest BCUT2D eigenvalue weighted by atomic mass is 32.2. The average molecular weight is 334 g/mol. The average Bonchev–Trinajstić information content (AvgIpc) is 2.47. The maximum Gasteiger partial charge on any atom is 0.256 e. The predicted octanol–water partition coefficient (Wildman–Crippen LogP) is 0.435. The van der Waals surface area contributed by atoms with E-state index in [0.29, 0.717) is 30.8 Å². The van der Waals surface area contributed by atoms with Gasteiger partial charge in [0.15, 0.2) is 0 Å². The van der Waals surface area contributed by atoms with Crippen molar-refractivity contribution in [3.05, 3.63) is 51.2 Å². The van der Waals surface area contributed by atoms with Crippen LogP contribution in [0, 0.1) is 6.92 Å². The number of sulfone groups is 1. The molecule has 0 saturated heterocycles. The standard InChI is InChI=1S/C15H18N4O3S/c1-10-5-11(7-16-6-10)8-19-4-3-13-12(9-19)14(20)18-15(17-13)23(2,21)22/h5-7H,3-4,8-9H2,1-2H3,(H,17,18,20). The first kappa shape index (κ1) is 15.8. The molecule has 2 aromatic rings. The lowest BCUT2D eigenvalue weighted by Gasteiger charge is -2.27. The van der Waals surface area contributed by atoms with E-state index in [0.717, 1.165) is 23.9 Å². The minimum atomic E-state index is -3.51. The molecule has 3 rings (SSSR count). The number of H-pyrrole nitrogens is 1. The molecule has 0 saturated carbocycles. The second kappa shape index (κ2) is 5.86. The van der Waals surface area contributed by atoms with Gasteiger partial charge in [-0.2, -0.15) is 0 Å². The van der Waals surface area contributed by atoms with Crippen LogP contribution < -0.4 is 5.56 Å². The zero-order valence-electron chi connectivity index (χ0n) is 13.0. The van der Waals surface area contributed by atoms with Crippen LogP contribution in [-0.2, 0) is 29.3 Å². The molecule has 7 nitrogen and oxygen atoms in total. The van der Waals surface area contributed by atoms with Crippen LogP contribution in [0.4, 0.5) is 0 Å². The van der Waals surface area contributed by atoms with Gasteiger partial charge in [-0.3, -0.25) is 19.7 Å². The molecule has 0 aliphatic carbocycles. The largest absolute Gasteiger partial charge is 0.297 e. The Balaban J connectivity index is 1.85. The van der Waals surface area contributed by atoms with Gasteiger partial charge in [0, 0.05) is 44.7 Å². The molecule has 1 aliphatic rings. The number of hydrogen-bond acceptors (Lipinski definition) is 6. The van der Waals surface area contributed by atoms with E-state index in [1.165, 1.54) is 0 Å². The summed E-state index contributed by atoms with van der Waals surface area (Å²) in [6.45, 7) is 3.86. The van der Waals surface area contributed by atoms with E-state index in [-0.39, 0.29) is 10.7 Å². The first-order valence-electron chi connectivity index (χ1n) is 7.28. The molecule has 0 spiro atoms. The fourth-order valence-electron chi connectivity index (χ4n) is 2.73. The molecule has 0 radical (unpaired) electrons. The number of nitrogens with one attached hydrogen (secondary N) is 1. The number of aromatic nitrogens is 3. The van der Waals surface area contributed by atoms with Gasteiger partial charge in [-0.25, -0.2) is 13.4 Å². The fraction of sp³-hybridized carbons (Fsp3) is 0.400. The van der Waals surface area contributed by atoms with Crippen molar-refractivity contribution in [2.75, 3.05) is 12.8 Å². The summed E-state index contributed by atoms with van der Waals surface area (Å²) in [6, 6.07) is 2.07. The van der Waals surface area contributed by atoms with E-state index < -0.39 is 9.84 Å². The molecule has 3 heterocycles. The molecule has 0 atom stereocenters. The highest BCUT2D eigenvalue weighted by molar-refractivity contribution is 7.90. The molecule has 0 fully saturated rings. The molecule has 0 unspecified atom stereocenters. The number of rotatable bonds is 3. The molecule has 2 aromatic heterocycles. The van der Waals surface area contributed by atoms with E-state index in [4.69, 9.17) is 0 Å². The monoisotopic (exact) mass is 334 g/mol. The van der Waals surface area contributed by atoms with Crippen molar-refractivity contribution < 1.29 is 8.42 Å². The summed E-state index contributed by atoms with van der Waals surface area (Å²) in [5, 5.41) is -0.252. The van der Waals surface area contributed by atoms with Crippen molar-refractivity contribution in [2.45, 2.75) is 31.6 Å². The first-order chi connectivity index (χ1) is 10.8. The molecule has 8 heteroatoms. The SMILES string of the molecule is Cc1cncc(CN2CCc3nc(S(C)(=O)=O)[nH]c(=O)c3C2)c1. The normalized spacial score (nSPS) is 15.4. The van der Waals surface area contributed by atoms with Gasteiger partial charge >= 0.3 is 0 Å². The topological polar surface area (TPSA) is 96.0 Å². The van der Waals surface area contributed by atoms with E-state index in [1.807, 2.05) is 13.1 Å². The Morgan fingerprint density at radius 1 is 1.35 bits per heavy atom. The lowest BCUT2D eigenvalue weighted by Crippen LogP contribution is -2.36. The maximum absolute atomic E-state index is 12.2. The smallest absolute Gasteiger partial charge is 0.256 e.